The van der Waals surface area contributed by atoms with Crippen molar-refractivity contribution in [3.05, 3.63) is 0 Å². The van der Waals surface area contributed by atoms with Crippen molar-refractivity contribution in [3.63, 3.8) is 0 Å². The molecular weight excluding hydrogens is 1340 g/mol. The molecule has 0 aliphatic rings. The first kappa shape index (κ1) is 101. The second kappa shape index (κ2) is 74.2. The maximum absolute atomic E-state index is 13.1. The number of carbonyl (C=O) groups excluding carboxylic acids is 4. The largest absolute Gasteiger partial charge is 0.472 e. The van der Waals surface area contributed by atoms with E-state index >= 15 is 0 Å². The van der Waals surface area contributed by atoms with Crippen molar-refractivity contribution in [2.75, 3.05) is 39.6 Å². The van der Waals surface area contributed by atoms with Crippen LogP contribution >= 0.6 is 15.6 Å². The third-order valence-electron chi connectivity index (χ3n) is 19.6. The monoisotopic (exact) mass is 1510 g/mol. The minimum absolute atomic E-state index is 0.105. The number of unbranched alkanes of at least 4 members (excludes halogenated alkanes) is 50. The second-order valence-electron chi connectivity index (χ2n) is 31.6. The zero-order valence-electron chi connectivity index (χ0n) is 67.8. The molecule has 0 spiro atoms. The first-order valence-corrected chi connectivity index (χ1v) is 46.3. The van der Waals surface area contributed by atoms with Gasteiger partial charge in [0.15, 0.2) is 12.2 Å². The predicted octanol–water partition coefficient (Wildman–Crippen LogP) is 25.3. The first-order valence-electron chi connectivity index (χ1n) is 43.3. The van der Waals surface area contributed by atoms with Crippen LogP contribution in [0, 0.1) is 17.8 Å². The average Bonchev–Trinajstić information content (AvgIpc) is 0.944. The number of aliphatic hydroxyl groups excluding tert-OH is 1. The van der Waals surface area contributed by atoms with Gasteiger partial charge in [0.1, 0.15) is 19.3 Å². The predicted molar refractivity (Wildman–Crippen MR) is 423 cm³/mol. The maximum Gasteiger partial charge on any atom is 0.472 e. The number of hydrogen-bond acceptors (Lipinski definition) is 15. The number of phosphoric acid groups is 2. The highest BCUT2D eigenvalue weighted by Gasteiger charge is 2.30. The van der Waals surface area contributed by atoms with E-state index < -0.39 is 97.5 Å². The summed E-state index contributed by atoms with van der Waals surface area (Å²) in [5, 5.41) is 10.7. The lowest BCUT2D eigenvalue weighted by molar-refractivity contribution is -0.161. The van der Waals surface area contributed by atoms with Gasteiger partial charge in [-0.15, -0.1) is 0 Å². The Morgan fingerprint density at radius 3 is 0.660 bits per heavy atom. The van der Waals surface area contributed by atoms with Crippen molar-refractivity contribution >= 4 is 39.5 Å². The van der Waals surface area contributed by atoms with Crippen LogP contribution in [0.3, 0.4) is 0 Å². The Kier molecular flexibility index (Phi) is 72.8. The van der Waals surface area contributed by atoms with E-state index in [0.717, 1.165) is 108 Å². The summed E-state index contributed by atoms with van der Waals surface area (Å²) >= 11 is 0. The molecule has 0 aromatic carbocycles. The van der Waals surface area contributed by atoms with Gasteiger partial charge < -0.3 is 33.8 Å². The molecule has 17 nitrogen and oxygen atoms in total. The Labute approximate surface area is 632 Å². The van der Waals surface area contributed by atoms with E-state index in [4.69, 9.17) is 37.0 Å². The number of hydrogen-bond donors (Lipinski definition) is 3. The fourth-order valence-electron chi connectivity index (χ4n) is 13.0. The van der Waals surface area contributed by atoms with E-state index in [0.29, 0.717) is 31.6 Å². The Morgan fingerprint density at radius 2 is 0.447 bits per heavy atom. The van der Waals surface area contributed by atoms with Gasteiger partial charge in [-0.25, -0.2) is 9.13 Å². The Hall–Kier alpha value is -1.94. The molecule has 0 rings (SSSR count). The number of carbonyl (C=O) groups is 4. The molecule has 0 aromatic rings. The molecule has 0 heterocycles. The number of phosphoric ester groups is 2. The molecule has 5 atom stereocenters. The van der Waals surface area contributed by atoms with E-state index in [1.165, 1.54) is 244 Å². The fraction of sp³-hybridized carbons (Fsp3) is 0.952. The minimum atomic E-state index is -4.96. The summed E-state index contributed by atoms with van der Waals surface area (Å²) < 4.78 is 68.8. The topological polar surface area (TPSA) is 237 Å². The number of esters is 4. The third kappa shape index (κ3) is 78.0. The summed E-state index contributed by atoms with van der Waals surface area (Å²) in [5.41, 5.74) is 0. The Balaban J connectivity index is 5.21. The molecule has 0 saturated carbocycles. The second-order valence-corrected chi connectivity index (χ2v) is 34.6. The van der Waals surface area contributed by atoms with Crippen LogP contribution in [-0.4, -0.2) is 96.7 Å². The molecule has 0 aromatic heterocycles. The normalized spacial score (nSPS) is 13.9. The van der Waals surface area contributed by atoms with Crippen LogP contribution in [0.1, 0.15) is 440 Å². The SMILES string of the molecule is CCCCCCCCCCCCCCCCCCCCCCCC(=O)O[C@H](COC(=O)CCCCCCCCCCCCCCCCCCC(C)C)COP(=O)(O)OC[C@@H](O)COP(=O)(O)OC[C@@H](COC(=O)CCCCCCCCC(C)C)OC(=O)CCCCCCCCCCCCCC(C)C. The average molecular weight is 1510 g/mol. The van der Waals surface area contributed by atoms with Crippen LogP contribution in [0.2, 0.25) is 0 Å². The molecule has 103 heavy (non-hydrogen) atoms. The number of rotatable bonds is 82. The zero-order chi connectivity index (χ0) is 75.8. The van der Waals surface area contributed by atoms with Crippen molar-refractivity contribution in [2.24, 2.45) is 17.8 Å². The molecule has 0 radical (unpaired) electrons. The molecule has 3 N–H and O–H groups in total. The van der Waals surface area contributed by atoms with Crippen molar-refractivity contribution in [1.29, 1.82) is 0 Å². The molecule has 612 valence electrons. The van der Waals surface area contributed by atoms with Gasteiger partial charge in [0, 0.05) is 25.7 Å². The molecule has 0 fully saturated rings. The lowest BCUT2D eigenvalue weighted by Crippen LogP contribution is -2.30. The zero-order valence-corrected chi connectivity index (χ0v) is 69.6. The van der Waals surface area contributed by atoms with Crippen molar-refractivity contribution in [2.45, 2.75) is 458 Å². The molecule has 0 saturated heterocycles. The van der Waals surface area contributed by atoms with Gasteiger partial charge in [-0.2, -0.15) is 0 Å². The maximum atomic E-state index is 13.1. The quantitative estimate of drug-likeness (QED) is 0.0222. The van der Waals surface area contributed by atoms with Crippen molar-refractivity contribution in [1.82, 2.24) is 0 Å². The highest BCUT2D eigenvalue weighted by molar-refractivity contribution is 7.47. The van der Waals surface area contributed by atoms with Gasteiger partial charge in [0.05, 0.1) is 26.4 Å². The highest BCUT2D eigenvalue weighted by Crippen LogP contribution is 2.45. The molecular formula is C84H164O17P2. The van der Waals surface area contributed by atoms with E-state index in [-0.39, 0.29) is 25.7 Å². The van der Waals surface area contributed by atoms with Crippen LogP contribution in [0.15, 0.2) is 0 Å². The molecule has 0 amide bonds. The van der Waals surface area contributed by atoms with Crippen LogP contribution in [-0.2, 0) is 65.4 Å². The number of aliphatic hydroxyl groups is 1. The third-order valence-corrected chi connectivity index (χ3v) is 21.5. The van der Waals surface area contributed by atoms with Gasteiger partial charge in [0.2, 0.25) is 0 Å². The number of ether oxygens (including phenoxy) is 4. The smallest absolute Gasteiger partial charge is 0.462 e. The summed E-state index contributed by atoms with van der Waals surface area (Å²) in [5.74, 6) is 0.146. The Bertz CT molecular complexity index is 1990. The molecule has 19 heteroatoms. The van der Waals surface area contributed by atoms with Crippen LogP contribution in [0.4, 0.5) is 0 Å². The molecule has 2 unspecified atom stereocenters. The molecule has 0 bridgehead atoms. The summed E-state index contributed by atoms with van der Waals surface area (Å²) in [6.45, 7) is 11.9. The standard InChI is InChI=1S/C84H164O17P2/c1-8-9-10-11-12-13-14-15-16-17-18-19-20-21-26-29-34-39-44-53-60-67-83(88)100-79(71-94-81(86)65-58-51-43-38-33-28-25-23-22-24-27-31-36-41-48-55-62-75(2)3)73-98-102(90,91)96-69-78(85)70-97-103(92,93)99-74-80(72-95-82(87)66-59-52-47-46-50-57-64-77(6)7)101-84(89)68-61-54-45-40-35-30-32-37-42-49-56-63-76(4)5/h75-80,85H,8-74H2,1-7H3,(H,90,91)(H,92,93)/t78-,79-,80-/m1/s1. The van der Waals surface area contributed by atoms with Gasteiger partial charge in [-0.1, -0.05) is 389 Å². The summed E-state index contributed by atoms with van der Waals surface area (Å²) in [6.07, 6.45) is 64.2. The fourth-order valence-corrected chi connectivity index (χ4v) is 14.6. The lowest BCUT2D eigenvalue weighted by atomic mass is 10.0. The van der Waals surface area contributed by atoms with Crippen LogP contribution < -0.4 is 0 Å². The summed E-state index contributed by atoms with van der Waals surface area (Å²) in [7, 11) is -9.92. The van der Waals surface area contributed by atoms with E-state index in [1.807, 2.05) is 0 Å². The lowest BCUT2D eigenvalue weighted by Gasteiger charge is -2.21. The Morgan fingerprint density at radius 1 is 0.262 bits per heavy atom. The van der Waals surface area contributed by atoms with E-state index in [1.54, 1.807) is 0 Å². The summed E-state index contributed by atoms with van der Waals surface area (Å²) in [6, 6.07) is 0. The molecule has 0 aliphatic heterocycles. The van der Waals surface area contributed by atoms with Crippen molar-refractivity contribution in [3.8, 4) is 0 Å². The van der Waals surface area contributed by atoms with Crippen LogP contribution in [0.5, 0.6) is 0 Å². The summed E-state index contributed by atoms with van der Waals surface area (Å²) in [4.78, 5) is 73.1. The van der Waals surface area contributed by atoms with Gasteiger partial charge in [-0.05, 0) is 43.4 Å². The highest BCUT2D eigenvalue weighted by atomic mass is 31.2. The first-order chi connectivity index (χ1) is 49.7. The van der Waals surface area contributed by atoms with Crippen molar-refractivity contribution < 1.29 is 80.2 Å². The van der Waals surface area contributed by atoms with Gasteiger partial charge in [-0.3, -0.25) is 37.3 Å². The minimum Gasteiger partial charge on any atom is -0.462 e. The van der Waals surface area contributed by atoms with Gasteiger partial charge >= 0.3 is 39.5 Å². The van der Waals surface area contributed by atoms with Crippen LogP contribution in [0.25, 0.3) is 0 Å². The van der Waals surface area contributed by atoms with E-state index in [2.05, 4.69) is 48.5 Å². The van der Waals surface area contributed by atoms with Gasteiger partial charge in [0.25, 0.3) is 0 Å². The molecule has 0 aliphatic carbocycles. The van der Waals surface area contributed by atoms with E-state index in [9.17, 15) is 43.2 Å².